The number of nitrogens with two attached hydrogens (primary N) is 1. The second kappa shape index (κ2) is 5.69. The lowest BCUT2D eigenvalue weighted by Gasteiger charge is -2.06. The zero-order valence-electron chi connectivity index (χ0n) is 10.3. The van der Waals surface area contributed by atoms with Crippen molar-refractivity contribution in [1.29, 1.82) is 0 Å². The molecule has 0 atom stereocenters. The second-order valence-corrected chi connectivity index (χ2v) is 5.42. The molecule has 0 unspecified atom stereocenters. The normalized spacial score (nSPS) is 10.7. The topological polar surface area (TPSA) is 51.8 Å². The van der Waals surface area contributed by atoms with Crippen LogP contribution >= 0.6 is 23.4 Å². The summed E-state index contributed by atoms with van der Waals surface area (Å²) in [5, 5.41) is 1.40. The van der Waals surface area contributed by atoms with Crippen molar-refractivity contribution in [3.63, 3.8) is 0 Å². The SMILES string of the molecule is Cc1cc(C)nc(Sc2ccc(CN)cc2Cl)n1. The van der Waals surface area contributed by atoms with Crippen LogP contribution in [0.5, 0.6) is 0 Å². The van der Waals surface area contributed by atoms with Gasteiger partial charge in [-0.15, -0.1) is 0 Å². The van der Waals surface area contributed by atoms with Gasteiger partial charge in [-0.1, -0.05) is 17.7 Å². The molecule has 0 fully saturated rings. The smallest absolute Gasteiger partial charge is 0.192 e. The fourth-order valence-corrected chi connectivity index (χ4v) is 2.78. The van der Waals surface area contributed by atoms with Gasteiger partial charge in [0.05, 0.1) is 5.02 Å². The molecule has 2 rings (SSSR count). The third-order valence-corrected chi connectivity index (χ3v) is 3.76. The lowest BCUT2D eigenvalue weighted by atomic mass is 10.2. The van der Waals surface area contributed by atoms with E-state index in [2.05, 4.69) is 9.97 Å². The Kier molecular flexibility index (Phi) is 4.22. The minimum absolute atomic E-state index is 0.491. The molecule has 3 nitrogen and oxygen atoms in total. The van der Waals surface area contributed by atoms with E-state index in [4.69, 9.17) is 17.3 Å². The molecule has 0 aliphatic carbocycles. The van der Waals surface area contributed by atoms with Gasteiger partial charge in [0.1, 0.15) is 0 Å². The Morgan fingerprint density at radius 3 is 2.39 bits per heavy atom. The summed E-state index contributed by atoms with van der Waals surface area (Å²) in [5.74, 6) is 0. The molecule has 0 radical (unpaired) electrons. The van der Waals surface area contributed by atoms with Crippen LogP contribution in [-0.4, -0.2) is 9.97 Å². The third-order valence-electron chi connectivity index (χ3n) is 2.40. The molecule has 0 saturated heterocycles. The monoisotopic (exact) mass is 279 g/mol. The first-order valence-electron chi connectivity index (χ1n) is 5.57. The lowest BCUT2D eigenvalue weighted by Crippen LogP contribution is -1.96. The minimum Gasteiger partial charge on any atom is -0.326 e. The van der Waals surface area contributed by atoms with Crippen LogP contribution in [0.25, 0.3) is 0 Å². The van der Waals surface area contributed by atoms with Gasteiger partial charge in [0.2, 0.25) is 0 Å². The first kappa shape index (κ1) is 13.3. The van der Waals surface area contributed by atoms with Crippen molar-refractivity contribution in [3.8, 4) is 0 Å². The number of aryl methyl sites for hydroxylation is 2. The molecule has 2 aromatic rings. The van der Waals surface area contributed by atoms with Crippen molar-refractivity contribution in [2.75, 3.05) is 0 Å². The highest BCUT2D eigenvalue weighted by Gasteiger charge is 2.07. The van der Waals surface area contributed by atoms with Gasteiger partial charge in [-0.05, 0) is 49.4 Å². The van der Waals surface area contributed by atoms with E-state index in [1.807, 2.05) is 38.1 Å². The predicted octanol–water partition coefficient (Wildman–Crippen LogP) is 3.36. The highest BCUT2D eigenvalue weighted by atomic mass is 35.5. The molecule has 2 N–H and O–H groups in total. The molecule has 0 bridgehead atoms. The van der Waals surface area contributed by atoms with Crippen molar-refractivity contribution < 1.29 is 0 Å². The van der Waals surface area contributed by atoms with E-state index < -0.39 is 0 Å². The Balaban J connectivity index is 2.28. The molecule has 0 aliphatic heterocycles. The zero-order chi connectivity index (χ0) is 13.1. The van der Waals surface area contributed by atoms with Crippen LogP contribution in [0.1, 0.15) is 17.0 Å². The van der Waals surface area contributed by atoms with Gasteiger partial charge in [-0.2, -0.15) is 0 Å². The van der Waals surface area contributed by atoms with Crippen molar-refractivity contribution >= 4 is 23.4 Å². The summed E-state index contributed by atoms with van der Waals surface area (Å²) in [6.07, 6.45) is 0. The zero-order valence-corrected chi connectivity index (χ0v) is 11.8. The van der Waals surface area contributed by atoms with Crippen LogP contribution in [0.4, 0.5) is 0 Å². The molecule has 0 amide bonds. The number of nitrogens with zero attached hydrogens (tertiary/aromatic N) is 2. The summed E-state index contributed by atoms with van der Waals surface area (Å²) >= 11 is 7.67. The van der Waals surface area contributed by atoms with E-state index in [1.165, 1.54) is 11.8 Å². The van der Waals surface area contributed by atoms with Gasteiger partial charge in [-0.25, -0.2) is 9.97 Å². The summed E-state index contributed by atoms with van der Waals surface area (Å²) in [6.45, 7) is 4.40. The second-order valence-electron chi connectivity index (χ2n) is 4.00. The van der Waals surface area contributed by atoms with Crippen molar-refractivity contribution in [2.45, 2.75) is 30.4 Å². The van der Waals surface area contributed by atoms with Crippen LogP contribution in [0.2, 0.25) is 5.02 Å². The molecule has 0 spiro atoms. The van der Waals surface area contributed by atoms with Gasteiger partial charge >= 0.3 is 0 Å². The quantitative estimate of drug-likeness (QED) is 0.876. The maximum absolute atomic E-state index is 6.21. The Bertz CT molecular complexity index is 552. The summed E-state index contributed by atoms with van der Waals surface area (Å²) < 4.78 is 0. The Hall–Kier alpha value is -1.10. The fourth-order valence-electron chi connectivity index (χ4n) is 1.59. The molecule has 0 saturated carbocycles. The lowest BCUT2D eigenvalue weighted by molar-refractivity contribution is 0.902. The van der Waals surface area contributed by atoms with Gasteiger partial charge < -0.3 is 5.73 Å². The van der Waals surface area contributed by atoms with E-state index in [-0.39, 0.29) is 0 Å². The van der Waals surface area contributed by atoms with Crippen LogP contribution in [-0.2, 0) is 6.54 Å². The largest absolute Gasteiger partial charge is 0.326 e. The first-order valence-corrected chi connectivity index (χ1v) is 6.76. The molecule has 94 valence electrons. The average molecular weight is 280 g/mol. The van der Waals surface area contributed by atoms with Gasteiger partial charge in [0, 0.05) is 22.8 Å². The Morgan fingerprint density at radius 2 is 1.83 bits per heavy atom. The summed E-state index contributed by atoms with van der Waals surface area (Å²) in [5.41, 5.74) is 8.51. The third kappa shape index (κ3) is 3.22. The molecule has 5 heteroatoms. The number of benzene rings is 1. The maximum atomic E-state index is 6.21. The maximum Gasteiger partial charge on any atom is 0.192 e. The van der Waals surface area contributed by atoms with Crippen LogP contribution in [0.3, 0.4) is 0 Å². The number of halogens is 1. The minimum atomic E-state index is 0.491. The van der Waals surface area contributed by atoms with Crippen molar-refractivity contribution in [2.24, 2.45) is 5.73 Å². The molecular formula is C13H14ClN3S. The average Bonchev–Trinajstić information content (AvgIpc) is 2.30. The number of hydrogen-bond donors (Lipinski definition) is 1. The summed E-state index contributed by atoms with van der Waals surface area (Å²) in [7, 11) is 0. The standard InChI is InChI=1S/C13H14ClN3S/c1-8-5-9(2)17-13(16-8)18-12-4-3-10(7-15)6-11(12)14/h3-6H,7,15H2,1-2H3. The van der Waals surface area contributed by atoms with E-state index in [0.29, 0.717) is 11.6 Å². The first-order chi connectivity index (χ1) is 8.58. The molecule has 0 aliphatic rings. The number of aromatic nitrogens is 2. The molecule has 18 heavy (non-hydrogen) atoms. The Labute approximate surface area is 116 Å². The predicted molar refractivity (Wildman–Crippen MR) is 75.0 cm³/mol. The van der Waals surface area contributed by atoms with Crippen LogP contribution in [0.15, 0.2) is 34.3 Å². The number of hydrogen-bond acceptors (Lipinski definition) is 4. The van der Waals surface area contributed by atoms with Crippen molar-refractivity contribution in [3.05, 3.63) is 46.2 Å². The van der Waals surface area contributed by atoms with E-state index in [0.717, 1.165) is 27.0 Å². The van der Waals surface area contributed by atoms with Crippen LogP contribution in [0, 0.1) is 13.8 Å². The van der Waals surface area contributed by atoms with E-state index in [1.54, 1.807) is 0 Å². The summed E-state index contributed by atoms with van der Waals surface area (Å²) in [4.78, 5) is 9.71. The number of rotatable bonds is 3. The van der Waals surface area contributed by atoms with Gasteiger partial charge in [0.15, 0.2) is 5.16 Å². The van der Waals surface area contributed by atoms with Gasteiger partial charge in [0.25, 0.3) is 0 Å². The molecule has 1 aromatic heterocycles. The molecular weight excluding hydrogens is 266 g/mol. The van der Waals surface area contributed by atoms with Crippen LogP contribution < -0.4 is 5.73 Å². The highest BCUT2D eigenvalue weighted by Crippen LogP contribution is 2.32. The Morgan fingerprint density at radius 1 is 1.17 bits per heavy atom. The summed E-state index contributed by atoms with van der Waals surface area (Å²) in [6, 6.07) is 7.75. The highest BCUT2D eigenvalue weighted by molar-refractivity contribution is 7.99. The van der Waals surface area contributed by atoms with Crippen molar-refractivity contribution in [1.82, 2.24) is 9.97 Å². The fraction of sp³-hybridized carbons (Fsp3) is 0.231. The van der Waals surface area contributed by atoms with Gasteiger partial charge in [-0.3, -0.25) is 0 Å². The van der Waals surface area contributed by atoms with E-state index >= 15 is 0 Å². The molecule has 1 heterocycles. The van der Waals surface area contributed by atoms with E-state index in [9.17, 15) is 0 Å². The molecule has 1 aromatic carbocycles.